The van der Waals surface area contributed by atoms with Gasteiger partial charge in [0.15, 0.2) is 0 Å². The van der Waals surface area contributed by atoms with E-state index in [9.17, 15) is 18.0 Å². The number of ether oxygens (including phenoxy) is 1. The summed E-state index contributed by atoms with van der Waals surface area (Å²) in [4.78, 5) is 26.9. The highest BCUT2D eigenvalue weighted by Crippen LogP contribution is 2.22. The first-order chi connectivity index (χ1) is 14.6. The number of hydrogen-bond acceptors (Lipinski definition) is 5. The zero-order valence-corrected chi connectivity index (χ0v) is 19.3. The minimum Gasteiger partial charge on any atom is -0.497 e. The molecule has 8 nitrogen and oxygen atoms in total. The number of methoxy groups -OCH3 is 1. The summed E-state index contributed by atoms with van der Waals surface area (Å²) in [5.74, 6) is -0.256. The van der Waals surface area contributed by atoms with Gasteiger partial charge in [0.05, 0.1) is 19.1 Å². The van der Waals surface area contributed by atoms with Crippen LogP contribution in [-0.4, -0.2) is 58.1 Å². The van der Waals surface area contributed by atoms with E-state index < -0.39 is 28.5 Å². The van der Waals surface area contributed by atoms with Crippen molar-refractivity contribution in [2.45, 2.75) is 26.4 Å². The molecule has 0 aliphatic heterocycles. The van der Waals surface area contributed by atoms with Gasteiger partial charge < -0.3 is 15.0 Å². The van der Waals surface area contributed by atoms with Crippen LogP contribution in [0, 0.1) is 6.92 Å². The number of amides is 2. The summed E-state index contributed by atoms with van der Waals surface area (Å²) in [7, 11) is -0.748. The molecule has 0 saturated carbocycles. The Balaban J connectivity index is 2.36. The summed E-state index contributed by atoms with van der Waals surface area (Å²) in [5, 5.41) is 2.55. The molecule has 0 saturated heterocycles. The second-order valence-electron chi connectivity index (χ2n) is 7.27. The lowest BCUT2D eigenvalue weighted by Gasteiger charge is -2.31. The van der Waals surface area contributed by atoms with E-state index >= 15 is 0 Å². The van der Waals surface area contributed by atoms with Crippen molar-refractivity contribution in [3.8, 4) is 5.75 Å². The number of hydrogen-bond donors (Lipinski definition) is 1. The van der Waals surface area contributed by atoms with Crippen LogP contribution in [-0.2, 0) is 26.2 Å². The molecule has 0 unspecified atom stereocenters. The molecular weight excluding hydrogens is 418 g/mol. The predicted molar refractivity (Wildman–Crippen MR) is 120 cm³/mol. The van der Waals surface area contributed by atoms with Crippen LogP contribution in [0.2, 0.25) is 0 Å². The highest BCUT2D eigenvalue weighted by Gasteiger charge is 2.29. The number of sulfonamides is 1. The Morgan fingerprint density at radius 3 is 2.29 bits per heavy atom. The van der Waals surface area contributed by atoms with Gasteiger partial charge in [-0.1, -0.05) is 29.8 Å². The summed E-state index contributed by atoms with van der Waals surface area (Å²) in [5.41, 5.74) is 2.20. The van der Waals surface area contributed by atoms with Gasteiger partial charge in [0.1, 0.15) is 18.3 Å². The van der Waals surface area contributed by atoms with Crippen molar-refractivity contribution in [1.29, 1.82) is 0 Å². The van der Waals surface area contributed by atoms with Crippen molar-refractivity contribution >= 4 is 27.5 Å². The second-order valence-corrected chi connectivity index (χ2v) is 9.18. The van der Waals surface area contributed by atoms with Crippen LogP contribution in [0.5, 0.6) is 5.75 Å². The predicted octanol–water partition coefficient (Wildman–Crippen LogP) is 1.93. The monoisotopic (exact) mass is 447 g/mol. The molecule has 2 amide bonds. The fourth-order valence-electron chi connectivity index (χ4n) is 3.16. The first kappa shape index (κ1) is 24.2. The zero-order chi connectivity index (χ0) is 23.2. The molecule has 9 heteroatoms. The molecule has 31 heavy (non-hydrogen) atoms. The number of nitrogens with one attached hydrogen (secondary N) is 1. The lowest BCUT2D eigenvalue weighted by Crippen LogP contribution is -2.50. The van der Waals surface area contributed by atoms with E-state index in [0.29, 0.717) is 11.4 Å². The van der Waals surface area contributed by atoms with Crippen molar-refractivity contribution in [3.05, 3.63) is 59.7 Å². The lowest BCUT2D eigenvalue weighted by molar-refractivity contribution is -0.139. The van der Waals surface area contributed by atoms with E-state index in [1.807, 2.05) is 31.2 Å². The number of carbonyl (C=O) groups is 2. The van der Waals surface area contributed by atoms with Crippen LogP contribution in [0.25, 0.3) is 0 Å². The van der Waals surface area contributed by atoms with Crippen molar-refractivity contribution < 1.29 is 22.7 Å². The Hall–Kier alpha value is -3.07. The Morgan fingerprint density at radius 2 is 1.77 bits per heavy atom. The minimum absolute atomic E-state index is 0.176. The Bertz CT molecular complexity index is 1020. The lowest BCUT2D eigenvalue weighted by atomic mass is 10.1. The quantitative estimate of drug-likeness (QED) is 0.634. The van der Waals surface area contributed by atoms with E-state index in [-0.39, 0.29) is 12.5 Å². The van der Waals surface area contributed by atoms with Gasteiger partial charge in [0.25, 0.3) is 0 Å². The highest BCUT2D eigenvalue weighted by molar-refractivity contribution is 7.92. The summed E-state index contributed by atoms with van der Waals surface area (Å²) in [6.45, 7) is 3.30. The highest BCUT2D eigenvalue weighted by atomic mass is 32.2. The molecule has 0 aliphatic rings. The molecule has 0 radical (unpaired) electrons. The fourth-order valence-corrected chi connectivity index (χ4v) is 4.01. The van der Waals surface area contributed by atoms with E-state index in [1.165, 1.54) is 19.1 Å². The first-order valence-corrected chi connectivity index (χ1v) is 11.6. The number of nitrogens with zero attached hydrogens (tertiary/aromatic N) is 2. The van der Waals surface area contributed by atoms with Gasteiger partial charge in [-0.3, -0.25) is 13.9 Å². The second kappa shape index (κ2) is 10.3. The van der Waals surface area contributed by atoms with Crippen LogP contribution >= 0.6 is 0 Å². The molecule has 2 rings (SSSR count). The van der Waals surface area contributed by atoms with Gasteiger partial charge in [0.2, 0.25) is 21.8 Å². The van der Waals surface area contributed by atoms with Crippen LogP contribution < -0.4 is 14.4 Å². The average molecular weight is 448 g/mol. The normalized spacial score (nSPS) is 12.0. The van der Waals surface area contributed by atoms with Gasteiger partial charge in [-0.2, -0.15) is 0 Å². The topological polar surface area (TPSA) is 96.0 Å². The Morgan fingerprint density at radius 1 is 1.13 bits per heavy atom. The van der Waals surface area contributed by atoms with Gasteiger partial charge >= 0.3 is 0 Å². The number of likely N-dealkylation sites (N-methyl/N-ethyl adjacent to an activating group) is 1. The zero-order valence-electron chi connectivity index (χ0n) is 18.5. The average Bonchev–Trinajstić information content (AvgIpc) is 2.74. The third kappa shape index (κ3) is 6.45. The summed E-state index contributed by atoms with van der Waals surface area (Å²) >= 11 is 0. The summed E-state index contributed by atoms with van der Waals surface area (Å²) in [6, 6.07) is 13.2. The maximum atomic E-state index is 13.3. The van der Waals surface area contributed by atoms with E-state index in [1.54, 1.807) is 31.2 Å². The SMILES string of the molecule is CNC(=O)[C@H](C)N(Cc1cccc(C)c1)C(=O)CN(c1ccc(OC)cc1)S(C)(=O)=O. The Labute approximate surface area is 183 Å². The standard InChI is InChI=1S/C22H29N3O5S/c1-16-7-6-8-18(13-16)14-24(17(2)22(27)23-3)21(26)15-25(31(5,28)29)19-9-11-20(30-4)12-10-19/h6-13,17H,14-15H2,1-5H3,(H,23,27)/t17-/m0/s1. The molecule has 2 aromatic rings. The van der Waals surface area contributed by atoms with Gasteiger partial charge in [-0.05, 0) is 43.7 Å². The number of benzene rings is 2. The van der Waals surface area contributed by atoms with Crippen LogP contribution in [0.4, 0.5) is 5.69 Å². The van der Waals surface area contributed by atoms with Crippen molar-refractivity contribution in [2.75, 3.05) is 31.3 Å². The molecule has 168 valence electrons. The largest absolute Gasteiger partial charge is 0.497 e. The van der Waals surface area contributed by atoms with E-state index in [0.717, 1.165) is 21.7 Å². The molecule has 0 heterocycles. The molecule has 0 spiro atoms. The molecular formula is C22H29N3O5S. The summed E-state index contributed by atoms with van der Waals surface area (Å²) < 4.78 is 31.0. The van der Waals surface area contributed by atoms with Gasteiger partial charge in [-0.25, -0.2) is 8.42 Å². The van der Waals surface area contributed by atoms with Crippen molar-refractivity contribution in [1.82, 2.24) is 10.2 Å². The van der Waals surface area contributed by atoms with E-state index in [2.05, 4.69) is 5.32 Å². The number of aryl methyl sites for hydroxylation is 1. The maximum absolute atomic E-state index is 13.3. The molecule has 1 N–H and O–H groups in total. The molecule has 0 fully saturated rings. The molecule has 1 atom stereocenters. The minimum atomic E-state index is -3.75. The maximum Gasteiger partial charge on any atom is 0.244 e. The van der Waals surface area contributed by atoms with Crippen molar-refractivity contribution in [3.63, 3.8) is 0 Å². The molecule has 0 bridgehead atoms. The molecule has 0 aliphatic carbocycles. The smallest absolute Gasteiger partial charge is 0.244 e. The van der Waals surface area contributed by atoms with Crippen LogP contribution in [0.1, 0.15) is 18.1 Å². The van der Waals surface area contributed by atoms with Crippen molar-refractivity contribution in [2.24, 2.45) is 0 Å². The molecule has 2 aromatic carbocycles. The summed E-state index contributed by atoms with van der Waals surface area (Å²) in [6.07, 6.45) is 1.04. The van der Waals surface area contributed by atoms with Crippen LogP contribution in [0.3, 0.4) is 0 Å². The van der Waals surface area contributed by atoms with E-state index in [4.69, 9.17) is 4.74 Å². The van der Waals surface area contributed by atoms with Crippen LogP contribution in [0.15, 0.2) is 48.5 Å². The Kier molecular flexibility index (Phi) is 8.04. The number of anilines is 1. The number of rotatable bonds is 9. The third-order valence-electron chi connectivity index (χ3n) is 4.89. The van der Waals surface area contributed by atoms with Gasteiger partial charge in [-0.15, -0.1) is 0 Å². The first-order valence-electron chi connectivity index (χ1n) is 9.75. The third-order valence-corrected chi connectivity index (χ3v) is 6.03. The molecule has 0 aromatic heterocycles. The van der Waals surface area contributed by atoms with Gasteiger partial charge in [0, 0.05) is 13.6 Å². The number of carbonyl (C=O) groups excluding carboxylic acids is 2. The fraction of sp³-hybridized carbons (Fsp3) is 0.364.